The highest BCUT2D eigenvalue weighted by Crippen LogP contribution is 2.24. The van der Waals surface area contributed by atoms with E-state index in [-0.39, 0.29) is 23.5 Å². The van der Waals surface area contributed by atoms with E-state index in [0.29, 0.717) is 31.1 Å². The van der Waals surface area contributed by atoms with Crippen LogP contribution in [-0.2, 0) is 9.59 Å². The van der Waals surface area contributed by atoms with Gasteiger partial charge in [-0.25, -0.2) is 4.98 Å². The average molecular weight is 417 g/mol. The van der Waals surface area contributed by atoms with Gasteiger partial charge in [0.05, 0.1) is 22.2 Å². The van der Waals surface area contributed by atoms with E-state index in [4.69, 9.17) is 5.73 Å². The van der Waals surface area contributed by atoms with Crippen molar-refractivity contribution in [2.24, 2.45) is 11.7 Å². The predicted octanol–water partition coefficient (Wildman–Crippen LogP) is 2.35. The highest BCUT2D eigenvalue weighted by atomic mass is 32.1. The number of piperidine rings is 1. The summed E-state index contributed by atoms with van der Waals surface area (Å²) in [4.78, 5) is 43.8. The molecular weight excluding hydrogens is 388 g/mol. The first-order valence-electron chi connectivity index (χ1n) is 10.2. The number of hydrogen-bond donors (Lipinski definition) is 2. The summed E-state index contributed by atoms with van der Waals surface area (Å²) >= 11 is 1.35. The quantitative estimate of drug-likeness (QED) is 0.508. The van der Waals surface area contributed by atoms with Crippen LogP contribution in [-0.4, -0.2) is 53.2 Å². The maximum atomic E-state index is 13.1. The molecule has 3 rings (SSSR count). The van der Waals surface area contributed by atoms with Gasteiger partial charge in [0.2, 0.25) is 17.6 Å². The second kappa shape index (κ2) is 9.93. The zero-order valence-electron chi connectivity index (χ0n) is 16.7. The fraction of sp³-hybridized carbons (Fsp3) is 0.524. The monoisotopic (exact) mass is 416 g/mol. The normalized spacial score (nSPS) is 17.9. The van der Waals surface area contributed by atoms with Gasteiger partial charge in [0.1, 0.15) is 0 Å². The van der Waals surface area contributed by atoms with Crippen molar-refractivity contribution in [3.8, 4) is 0 Å². The van der Waals surface area contributed by atoms with E-state index in [2.05, 4.69) is 10.3 Å². The number of amides is 2. The summed E-state index contributed by atoms with van der Waals surface area (Å²) in [5.41, 5.74) is 6.38. The van der Waals surface area contributed by atoms with Gasteiger partial charge in [0, 0.05) is 20.0 Å². The number of nitrogens with one attached hydrogen (secondary N) is 1. The molecule has 3 N–H and O–H groups in total. The Labute approximate surface area is 174 Å². The Hall–Kier alpha value is -2.32. The van der Waals surface area contributed by atoms with E-state index >= 15 is 0 Å². The van der Waals surface area contributed by atoms with Gasteiger partial charge < -0.3 is 16.0 Å². The Morgan fingerprint density at radius 3 is 2.83 bits per heavy atom. The molecule has 1 aliphatic heterocycles. The number of aromatic nitrogens is 1. The zero-order chi connectivity index (χ0) is 20.8. The molecule has 2 aromatic rings. The molecule has 2 atom stereocenters. The Bertz CT molecular complexity index is 849. The summed E-state index contributed by atoms with van der Waals surface area (Å²) in [7, 11) is 0. The van der Waals surface area contributed by atoms with Gasteiger partial charge in [-0.15, -0.1) is 11.3 Å². The summed E-state index contributed by atoms with van der Waals surface area (Å²) in [5, 5.41) is 3.36. The summed E-state index contributed by atoms with van der Waals surface area (Å²) < 4.78 is 0.951. The van der Waals surface area contributed by atoms with E-state index in [1.54, 1.807) is 4.90 Å². The topological polar surface area (TPSA) is 105 Å². The standard InChI is InChI=1S/C21H28N4O3S/c1-14(26)25-12-6-7-15(13-25)20(28)23-17(9-4-5-11-22)19(27)21-24-16-8-2-3-10-18(16)29-21/h2-3,8,10,15,17H,4-7,9,11-13,22H2,1H3,(H,23,28)/t15-,17+/m0/s1. The maximum Gasteiger partial charge on any atom is 0.225 e. The number of hydrogen-bond acceptors (Lipinski definition) is 6. The van der Waals surface area contributed by atoms with Crippen LogP contribution in [0.4, 0.5) is 0 Å². The van der Waals surface area contributed by atoms with Crippen LogP contribution in [0.2, 0.25) is 0 Å². The molecule has 0 unspecified atom stereocenters. The lowest BCUT2D eigenvalue weighted by Gasteiger charge is -2.32. The van der Waals surface area contributed by atoms with Crippen LogP contribution >= 0.6 is 11.3 Å². The summed E-state index contributed by atoms with van der Waals surface area (Å²) in [6, 6.07) is 7.00. The third-order valence-electron chi connectivity index (χ3n) is 5.32. The molecular formula is C21H28N4O3S. The van der Waals surface area contributed by atoms with E-state index in [1.807, 2.05) is 24.3 Å². The van der Waals surface area contributed by atoms with Crippen LogP contribution in [0.25, 0.3) is 10.2 Å². The lowest BCUT2D eigenvalue weighted by atomic mass is 9.96. The molecule has 29 heavy (non-hydrogen) atoms. The summed E-state index contributed by atoms with van der Waals surface area (Å²) in [6.45, 7) is 3.16. The lowest BCUT2D eigenvalue weighted by molar-refractivity contribution is -0.134. The molecule has 1 aromatic heterocycles. The van der Waals surface area contributed by atoms with Crippen LogP contribution in [0.5, 0.6) is 0 Å². The third-order valence-corrected chi connectivity index (χ3v) is 6.37. The minimum atomic E-state index is -0.623. The number of thiazole rings is 1. The number of likely N-dealkylation sites (tertiary alicyclic amines) is 1. The third kappa shape index (κ3) is 5.39. The number of para-hydroxylation sites is 1. The molecule has 0 spiro atoms. The van der Waals surface area contributed by atoms with Gasteiger partial charge >= 0.3 is 0 Å². The van der Waals surface area contributed by atoms with Crippen LogP contribution in [0.3, 0.4) is 0 Å². The highest BCUT2D eigenvalue weighted by Gasteiger charge is 2.31. The SMILES string of the molecule is CC(=O)N1CCC[C@H](C(=O)N[C@H](CCCCN)C(=O)c2nc3ccccc3s2)C1. The van der Waals surface area contributed by atoms with Crippen molar-refractivity contribution in [3.05, 3.63) is 29.3 Å². The number of fused-ring (bicyclic) bond motifs is 1. The second-order valence-corrected chi connectivity index (χ2v) is 8.53. The second-order valence-electron chi connectivity index (χ2n) is 7.50. The molecule has 0 saturated carbocycles. The number of nitrogens with zero attached hydrogens (tertiary/aromatic N) is 2. The van der Waals surface area contributed by atoms with Crippen LogP contribution < -0.4 is 11.1 Å². The first-order valence-corrected chi connectivity index (χ1v) is 11.0. The van der Waals surface area contributed by atoms with Crippen molar-refractivity contribution in [1.29, 1.82) is 0 Å². The smallest absolute Gasteiger partial charge is 0.225 e. The maximum absolute atomic E-state index is 13.1. The fourth-order valence-electron chi connectivity index (χ4n) is 3.65. The van der Waals surface area contributed by atoms with Crippen molar-refractivity contribution in [2.45, 2.75) is 45.1 Å². The summed E-state index contributed by atoms with van der Waals surface area (Å²) in [5.74, 6) is -0.626. The highest BCUT2D eigenvalue weighted by molar-refractivity contribution is 7.20. The minimum Gasteiger partial charge on any atom is -0.346 e. The molecule has 156 valence electrons. The van der Waals surface area contributed by atoms with Crippen molar-refractivity contribution in [2.75, 3.05) is 19.6 Å². The van der Waals surface area contributed by atoms with Gasteiger partial charge in [-0.3, -0.25) is 14.4 Å². The Morgan fingerprint density at radius 2 is 2.10 bits per heavy atom. The number of nitrogens with two attached hydrogens (primary N) is 1. The van der Waals surface area contributed by atoms with Gasteiger partial charge in [0.25, 0.3) is 0 Å². The molecule has 8 heteroatoms. The molecule has 1 aromatic carbocycles. The van der Waals surface area contributed by atoms with E-state index < -0.39 is 6.04 Å². The van der Waals surface area contributed by atoms with Crippen molar-refractivity contribution < 1.29 is 14.4 Å². The fourth-order valence-corrected chi connectivity index (χ4v) is 4.62. The first kappa shape index (κ1) is 21.4. The van der Waals surface area contributed by atoms with Crippen LogP contribution in [0, 0.1) is 5.92 Å². The lowest BCUT2D eigenvalue weighted by Crippen LogP contribution is -2.49. The van der Waals surface area contributed by atoms with E-state index in [0.717, 1.165) is 35.9 Å². The average Bonchev–Trinajstić information content (AvgIpc) is 3.17. The largest absolute Gasteiger partial charge is 0.346 e. The summed E-state index contributed by atoms with van der Waals surface area (Å²) in [6.07, 6.45) is 3.59. The predicted molar refractivity (Wildman–Crippen MR) is 114 cm³/mol. The Kier molecular flexibility index (Phi) is 7.33. The molecule has 2 heterocycles. The van der Waals surface area contributed by atoms with Crippen LogP contribution in [0.1, 0.15) is 48.8 Å². The molecule has 1 fully saturated rings. The van der Waals surface area contributed by atoms with E-state index in [9.17, 15) is 14.4 Å². The number of ketones is 1. The molecule has 2 amide bonds. The minimum absolute atomic E-state index is 0.0208. The van der Waals surface area contributed by atoms with E-state index in [1.165, 1.54) is 18.3 Å². The molecule has 7 nitrogen and oxygen atoms in total. The number of carbonyl (C=O) groups is 3. The van der Waals surface area contributed by atoms with Gasteiger partial charge in [-0.05, 0) is 50.8 Å². The molecule has 0 bridgehead atoms. The van der Waals surface area contributed by atoms with Gasteiger partial charge in [-0.1, -0.05) is 12.1 Å². The van der Waals surface area contributed by atoms with Gasteiger partial charge in [0.15, 0.2) is 5.01 Å². The van der Waals surface area contributed by atoms with Crippen molar-refractivity contribution >= 4 is 39.2 Å². The Balaban J connectivity index is 1.72. The Morgan fingerprint density at radius 1 is 1.31 bits per heavy atom. The van der Waals surface area contributed by atoms with Crippen LogP contribution in [0.15, 0.2) is 24.3 Å². The molecule has 1 aliphatic rings. The number of unbranched alkanes of at least 4 members (excludes halogenated alkanes) is 1. The number of carbonyl (C=O) groups excluding carboxylic acids is 3. The number of benzene rings is 1. The van der Waals surface area contributed by atoms with Crippen molar-refractivity contribution in [3.63, 3.8) is 0 Å². The zero-order valence-corrected chi connectivity index (χ0v) is 17.5. The molecule has 1 saturated heterocycles. The number of rotatable bonds is 8. The molecule has 0 radical (unpaired) electrons. The van der Waals surface area contributed by atoms with Crippen molar-refractivity contribution in [1.82, 2.24) is 15.2 Å². The molecule has 0 aliphatic carbocycles. The number of Topliss-reactive ketones (excluding diaryl/α,β-unsaturated/α-hetero) is 1. The van der Waals surface area contributed by atoms with Gasteiger partial charge in [-0.2, -0.15) is 0 Å². The first-order chi connectivity index (χ1) is 14.0.